The van der Waals surface area contributed by atoms with E-state index >= 15 is 0 Å². The summed E-state index contributed by atoms with van der Waals surface area (Å²) in [6, 6.07) is 6.37. The zero-order valence-electron chi connectivity index (χ0n) is 10.8. The van der Waals surface area contributed by atoms with Gasteiger partial charge in [0.25, 0.3) is 0 Å². The normalized spacial score (nSPS) is 20.1. The van der Waals surface area contributed by atoms with E-state index in [1.165, 1.54) is 25.7 Å². The minimum atomic E-state index is 0.512. The summed E-state index contributed by atoms with van der Waals surface area (Å²) in [6.45, 7) is 4.70. The predicted molar refractivity (Wildman–Crippen MR) is 74.9 cm³/mol. The molecule has 0 unspecified atom stereocenters. The fourth-order valence-electron chi connectivity index (χ4n) is 2.44. The molecule has 94 valence electrons. The standard InChI is InChI=1S/C14H23N3/c1-14(2)7-5-10(6-8-14)17-11-3-4-12(15)13(16)9-11/h3-4,9-10,17H,5-8,15-16H2,1-2H3. The molecule has 0 spiro atoms. The highest BCUT2D eigenvalue weighted by Gasteiger charge is 2.26. The molecule has 1 fully saturated rings. The highest BCUT2D eigenvalue weighted by molar-refractivity contribution is 5.69. The van der Waals surface area contributed by atoms with Gasteiger partial charge in [0.2, 0.25) is 0 Å². The molecular weight excluding hydrogens is 210 g/mol. The molecule has 0 amide bonds. The second-order valence-electron chi connectivity index (χ2n) is 5.93. The zero-order valence-corrected chi connectivity index (χ0v) is 10.8. The minimum absolute atomic E-state index is 0.512. The SMILES string of the molecule is CC1(C)CCC(Nc2ccc(N)c(N)c2)CC1. The maximum absolute atomic E-state index is 5.80. The van der Waals surface area contributed by atoms with Gasteiger partial charge in [-0.25, -0.2) is 0 Å². The van der Waals surface area contributed by atoms with Crippen molar-refractivity contribution in [3.05, 3.63) is 18.2 Å². The van der Waals surface area contributed by atoms with E-state index in [0.717, 1.165) is 5.69 Å². The van der Waals surface area contributed by atoms with Crippen LogP contribution in [0.15, 0.2) is 18.2 Å². The Morgan fingerprint density at radius 3 is 2.35 bits per heavy atom. The molecule has 0 aliphatic heterocycles. The predicted octanol–water partition coefficient (Wildman–Crippen LogP) is 3.23. The first-order valence-corrected chi connectivity index (χ1v) is 6.38. The van der Waals surface area contributed by atoms with E-state index in [0.29, 0.717) is 22.8 Å². The lowest BCUT2D eigenvalue weighted by Crippen LogP contribution is -2.29. The van der Waals surface area contributed by atoms with Crippen LogP contribution in [0, 0.1) is 5.41 Å². The minimum Gasteiger partial charge on any atom is -0.397 e. The largest absolute Gasteiger partial charge is 0.397 e. The summed E-state index contributed by atoms with van der Waals surface area (Å²) < 4.78 is 0. The number of nitrogens with one attached hydrogen (secondary N) is 1. The molecule has 1 aromatic rings. The monoisotopic (exact) mass is 233 g/mol. The molecule has 0 saturated heterocycles. The van der Waals surface area contributed by atoms with Gasteiger partial charge in [-0.05, 0) is 49.3 Å². The molecule has 0 atom stereocenters. The van der Waals surface area contributed by atoms with Crippen molar-refractivity contribution < 1.29 is 0 Å². The summed E-state index contributed by atoms with van der Waals surface area (Å²) in [5.74, 6) is 0. The van der Waals surface area contributed by atoms with Crippen LogP contribution < -0.4 is 16.8 Å². The molecule has 3 heteroatoms. The van der Waals surface area contributed by atoms with E-state index in [-0.39, 0.29) is 0 Å². The lowest BCUT2D eigenvalue weighted by molar-refractivity contribution is 0.232. The van der Waals surface area contributed by atoms with Crippen LogP contribution in [-0.4, -0.2) is 6.04 Å². The van der Waals surface area contributed by atoms with E-state index in [4.69, 9.17) is 11.5 Å². The first kappa shape index (κ1) is 12.1. The molecule has 0 radical (unpaired) electrons. The molecule has 1 saturated carbocycles. The van der Waals surface area contributed by atoms with Crippen LogP contribution in [0.4, 0.5) is 17.1 Å². The van der Waals surface area contributed by atoms with Crippen LogP contribution in [0.25, 0.3) is 0 Å². The van der Waals surface area contributed by atoms with Gasteiger partial charge in [0.15, 0.2) is 0 Å². The second kappa shape index (κ2) is 4.47. The molecule has 5 N–H and O–H groups in total. The maximum atomic E-state index is 5.80. The number of benzene rings is 1. The number of nitrogen functional groups attached to an aromatic ring is 2. The molecule has 1 aromatic carbocycles. The Bertz CT molecular complexity index is 388. The number of anilines is 3. The highest BCUT2D eigenvalue weighted by atomic mass is 14.9. The van der Waals surface area contributed by atoms with E-state index in [1.54, 1.807) is 0 Å². The van der Waals surface area contributed by atoms with Crippen LogP contribution in [0.2, 0.25) is 0 Å². The molecule has 2 rings (SSSR count). The van der Waals surface area contributed by atoms with Crippen molar-refractivity contribution in [3.8, 4) is 0 Å². The van der Waals surface area contributed by atoms with Gasteiger partial charge in [-0.2, -0.15) is 0 Å². The third-order valence-electron chi connectivity index (χ3n) is 3.80. The van der Waals surface area contributed by atoms with Crippen molar-refractivity contribution in [2.75, 3.05) is 16.8 Å². The molecule has 0 bridgehead atoms. The summed E-state index contributed by atoms with van der Waals surface area (Å²) in [5.41, 5.74) is 14.4. The highest BCUT2D eigenvalue weighted by Crippen LogP contribution is 2.36. The second-order valence-corrected chi connectivity index (χ2v) is 5.93. The zero-order chi connectivity index (χ0) is 12.5. The van der Waals surface area contributed by atoms with Crippen molar-refractivity contribution in [2.24, 2.45) is 5.41 Å². The molecule has 17 heavy (non-hydrogen) atoms. The van der Waals surface area contributed by atoms with Crippen molar-refractivity contribution in [3.63, 3.8) is 0 Å². The van der Waals surface area contributed by atoms with E-state index in [1.807, 2.05) is 18.2 Å². The van der Waals surface area contributed by atoms with Crippen LogP contribution in [-0.2, 0) is 0 Å². The Morgan fingerprint density at radius 1 is 1.12 bits per heavy atom. The topological polar surface area (TPSA) is 64.1 Å². The van der Waals surface area contributed by atoms with E-state index in [9.17, 15) is 0 Å². The quantitative estimate of drug-likeness (QED) is 0.687. The lowest BCUT2D eigenvalue weighted by atomic mass is 9.75. The summed E-state index contributed by atoms with van der Waals surface area (Å²) in [4.78, 5) is 0. The Morgan fingerprint density at radius 2 is 1.76 bits per heavy atom. The van der Waals surface area contributed by atoms with Gasteiger partial charge in [0, 0.05) is 11.7 Å². The molecule has 1 aliphatic rings. The number of rotatable bonds is 2. The van der Waals surface area contributed by atoms with Crippen molar-refractivity contribution in [1.82, 2.24) is 0 Å². The first-order valence-electron chi connectivity index (χ1n) is 6.38. The Kier molecular flexibility index (Phi) is 3.18. The maximum Gasteiger partial charge on any atom is 0.0568 e. The van der Waals surface area contributed by atoms with Gasteiger partial charge in [-0.3, -0.25) is 0 Å². The number of hydrogen-bond acceptors (Lipinski definition) is 3. The number of nitrogens with two attached hydrogens (primary N) is 2. The van der Waals surface area contributed by atoms with Gasteiger partial charge in [-0.15, -0.1) is 0 Å². The summed E-state index contributed by atoms with van der Waals surface area (Å²) in [7, 11) is 0. The van der Waals surface area contributed by atoms with Crippen molar-refractivity contribution >= 4 is 17.1 Å². The Hall–Kier alpha value is -1.38. The van der Waals surface area contributed by atoms with E-state index in [2.05, 4.69) is 19.2 Å². The molecule has 0 aromatic heterocycles. The van der Waals surface area contributed by atoms with Crippen LogP contribution in [0.3, 0.4) is 0 Å². The van der Waals surface area contributed by atoms with Gasteiger partial charge < -0.3 is 16.8 Å². The van der Waals surface area contributed by atoms with E-state index < -0.39 is 0 Å². The van der Waals surface area contributed by atoms with Crippen LogP contribution >= 0.6 is 0 Å². The first-order chi connectivity index (χ1) is 7.96. The fraction of sp³-hybridized carbons (Fsp3) is 0.571. The molecule has 3 nitrogen and oxygen atoms in total. The van der Waals surface area contributed by atoms with Gasteiger partial charge in [0.1, 0.15) is 0 Å². The molecule has 1 aliphatic carbocycles. The van der Waals surface area contributed by atoms with Gasteiger partial charge in [0.05, 0.1) is 11.4 Å². The summed E-state index contributed by atoms with van der Waals surface area (Å²) >= 11 is 0. The van der Waals surface area contributed by atoms with Gasteiger partial charge >= 0.3 is 0 Å². The van der Waals surface area contributed by atoms with Crippen molar-refractivity contribution in [2.45, 2.75) is 45.6 Å². The fourth-order valence-corrected chi connectivity index (χ4v) is 2.44. The molecular formula is C14H23N3. The van der Waals surface area contributed by atoms with Crippen molar-refractivity contribution in [1.29, 1.82) is 0 Å². The summed E-state index contributed by atoms with van der Waals surface area (Å²) in [6.07, 6.45) is 5.04. The smallest absolute Gasteiger partial charge is 0.0568 e. The summed E-state index contributed by atoms with van der Waals surface area (Å²) in [5, 5.41) is 3.55. The van der Waals surface area contributed by atoms with Crippen LogP contribution in [0.5, 0.6) is 0 Å². The van der Waals surface area contributed by atoms with Crippen LogP contribution in [0.1, 0.15) is 39.5 Å². The third kappa shape index (κ3) is 3.05. The Balaban J connectivity index is 1.95. The lowest BCUT2D eigenvalue weighted by Gasteiger charge is -2.35. The molecule has 0 heterocycles. The average Bonchev–Trinajstić information content (AvgIpc) is 2.27. The average molecular weight is 233 g/mol. The third-order valence-corrected chi connectivity index (χ3v) is 3.80. The Labute approximate surface area is 104 Å². The van der Waals surface area contributed by atoms with Gasteiger partial charge in [-0.1, -0.05) is 13.8 Å². The number of hydrogen-bond donors (Lipinski definition) is 3.